The Hall–Kier alpha value is -1.13. The molecule has 1 aliphatic heterocycles. The zero-order chi connectivity index (χ0) is 20.1. The van der Waals surface area contributed by atoms with E-state index in [4.69, 9.17) is 10.8 Å². The van der Waals surface area contributed by atoms with Crippen LogP contribution in [0.4, 0.5) is 0 Å². The van der Waals surface area contributed by atoms with Crippen LogP contribution in [-0.4, -0.2) is 39.7 Å². The number of benzene rings is 1. The first kappa shape index (κ1) is 21.2. The number of hydrogen-bond acceptors (Lipinski definition) is 3. The van der Waals surface area contributed by atoms with Crippen molar-refractivity contribution in [3.63, 3.8) is 0 Å². The highest BCUT2D eigenvalue weighted by Gasteiger charge is 2.56. The molecule has 0 N–H and O–H groups in total. The maximum absolute atomic E-state index is 13.2. The molecule has 0 amide bonds. The van der Waals surface area contributed by atoms with Crippen LogP contribution in [0.2, 0.25) is 18.1 Å². The van der Waals surface area contributed by atoms with Gasteiger partial charge < -0.3 is 4.43 Å². The summed E-state index contributed by atoms with van der Waals surface area (Å²) in [5.74, 6) is 2.62. The van der Waals surface area contributed by atoms with Crippen LogP contribution in [0.25, 0.3) is 0 Å². The third-order valence-electron chi connectivity index (χ3n) is 5.61. The first-order chi connectivity index (χ1) is 11.7. The van der Waals surface area contributed by atoms with E-state index < -0.39 is 24.4 Å². The third-order valence-corrected chi connectivity index (χ3v) is 12.3. The predicted molar refractivity (Wildman–Crippen MR) is 109 cm³/mol. The molecule has 0 aliphatic carbocycles. The summed E-state index contributed by atoms with van der Waals surface area (Å²) >= 11 is 0. The molecule has 0 radical (unpaired) electrons. The molecular formula is C20H31NO3SSi. The molecule has 144 valence electrons. The van der Waals surface area contributed by atoms with Gasteiger partial charge in [-0.2, -0.15) is 4.31 Å². The van der Waals surface area contributed by atoms with Gasteiger partial charge in [0.15, 0.2) is 8.32 Å². The molecule has 3 atom stereocenters. The maximum Gasteiger partial charge on any atom is 0.245 e. The normalized spacial score (nSPS) is 23.6. The lowest BCUT2D eigenvalue weighted by molar-refractivity contribution is 0.281. The molecule has 1 saturated heterocycles. The van der Waals surface area contributed by atoms with E-state index in [0.29, 0.717) is 11.5 Å². The van der Waals surface area contributed by atoms with Crippen LogP contribution < -0.4 is 0 Å². The van der Waals surface area contributed by atoms with Crippen molar-refractivity contribution < 1.29 is 12.8 Å². The molecular weight excluding hydrogens is 362 g/mol. The lowest BCUT2D eigenvalue weighted by Crippen LogP contribution is -2.42. The molecule has 2 rings (SSSR count). The SMILES string of the molecule is C#C[C@H]1[C@H](CO[Si](C)(C)C(C)(C)C)N1S(=O)(=O)c1c(C)cc(C)cc1C. The molecule has 0 bridgehead atoms. The van der Waals surface area contributed by atoms with Crippen molar-refractivity contribution in [1.82, 2.24) is 4.31 Å². The van der Waals surface area contributed by atoms with Gasteiger partial charge in [0.1, 0.15) is 6.04 Å². The second-order valence-electron chi connectivity index (χ2n) is 8.81. The van der Waals surface area contributed by atoms with E-state index in [-0.39, 0.29) is 11.1 Å². The van der Waals surface area contributed by atoms with Crippen molar-refractivity contribution in [3.8, 4) is 12.3 Å². The van der Waals surface area contributed by atoms with Crippen LogP contribution in [-0.2, 0) is 14.4 Å². The summed E-state index contributed by atoms with van der Waals surface area (Å²) in [5, 5.41) is 0.0708. The standard InChI is InChI=1S/C20H31NO3SSi/c1-10-17-18(13-24-26(8,9)20(5,6)7)21(17)25(22,23)19-15(3)11-14(2)12-16(19)4/h1,11-12,17-18H,13H2,2-9H3/t17-,18-,21?/m0/s1. The maximum atomic E-state index is 13.2. The topological polar surface area (TPSA) is 46.4 Å². The fourth-order valence-electron chi connectivity index (χ4n) is 3.12. The van der Waals surface area contributed by atoms with E-state index in [1.54, 1.807) is 0 Å². The number of hydrogen-bond donors (Lipinski definition) is 0. The lowest BCUT2D eigenvalue weighted by Gasteiger charge is -2.36. The summed E-state index contributed by atoms with van der Waals surface area (Å²) < 4.78 is 34.1. The van der Waals surface area contributed by atoms with E-state index in [2.05, 4.69) is 39.8 Å². The number of nitrogens with zero attached hydrogens (tertiary/aromatic N) is 1. The highest BCUT2D eigenvalue weighted by Crippen LogP contribution is 2.41. The highest BCUT2D eigenvalue weighted by molar-refractivity contribution is 7.89. The average Bonchev–Trinajstić information content (AvgIpc) is 3.16. The van der Waals surface area contributed by atoms with Crippen LogP contribution in [0, 0.1) is 33.1 Å². The van der Waals surface area contributed by atoms with Gasteiger partial charge in [-0.15, -0.1) is 6.42 Å². The summed E-state index contributed by atoms with van der Waals surface area (Å²) in [6.07, 6.45) is 5.61. The molecule has 1 unspecified atom stereocenters. The van der Waals surface area contributed by atoms with Crippen molar-refractivity contribution in [2.45, 2.75) is 76.7 Å². The first-order valence-corrected chi connectivity index (χ1v) is 13.3. The molecule has 4 nitrogen and oxygen atoms in total. The van der Waals surface area contributed by atoms with Crippen molar-refractivity contribution in [3.05, 3.63) is 28.8 Å². The monoisotopic (exact) mass is 393 g/mol. The molecule has 1 aliphatic rings. The molecule has 6 heteroatoms. The Bertz CT molecular complexity index is 824. The van der Waals surface area contributed by atoms with E-state index in [0.717, 1.165) is 16.7 Å². The Kier molecular flexibility index (Phi) is 5.53. The van der Waals surface area contributed by atoms with Crippen LogP contribution in [0.15, 0.2) is 17.0 Å². The van der Waals surface area contributed by atoms with Gasteiger partial charge in [0.2, 0.25) is 10.0 Å². The number of sulfonamides is 1. The summed E-state index contributed by atoms with van der Waals surface area (Å²) in [6, 6.07) is 3.09. The quantitative estimate of drug-likeness (QED) is 0.431. The third kappa shape index (κ3) is 3.77. The molecule has 1 aromatic carbocycles. The van der Waals surface area contributed by atoms with Crippen molar-refractivity contribution >= 4 is 18.3 Å². The fraction of sp³-hybridized carbons (Fsp3) is 0.600. The molecule has 1 fully saturated rings. The van der Waals surface area contributed by atoms with Crippen LogP contribution in [0.1, 0.15) is 37.5 Å². The van der Waals surface area contributed by atoms with Gasteiger partial charge in [0.05, 0.1) is 17.5 Å². The van der Waals surface area contributed by atoms with Crippen LogP contribution in [0.5, 0.6) is 0 Å². The van der Waals surface area contributed by atoms with Gasteiger partial charge in [-0.3, -0.25) is 0 Å². The van der Waals surface area contributed by atoms with E-state index in [1.165, 1.54) is 4.31 Å². The average molecular weight is 394 g/mol. The van der Waals surface area contributed by atoms with Crippen molar-refractivity contribution in [2.75, 3.05) is 6.61 Å². The van der Waals surface area contributed by atoms with Crippen molar-refractivity contribution in [1.29, 1.82) is 0 Å². The summed E-state index contributed by atoms with van der Waals surface area (Å²) in [5.41, 5.74) is 2.57. The minimum Gasteiger partial charge on any atom is -0.415 e. The second kappa shape index (κ2) is 6.79. The Morgan fingerprint density at radius 1 is 1.19 bits per heavy atom. The Morgan fingerprint density at radius 2 is 1.69 bits per heavy atom. The minimum absolute atomic E-state index is 0.0708. The van der Waals surface area contributed by atoms with Gasteiger partial charge in [0, 0.05) is 0 Å². The van der Waals surface area contributed by atoms with E-state index >= 15 is 0 Å². The Labute approximate surface area is 160 Å². The summed E-state index contributed by atoms with van der Waals surface area (Å²) in [4.78, 5) is 0.373. The van der Waals surface area contributed by atoms with Gasteiger partial charge >= 0.3 is 0 Å². The van der Waals surface area contributed by atoms with Crippen LogP contribution in [0.3, 0.4) is 0 Å². The van der Waals surface area contributed by atoms with Crippen molar-refractivity contribution in [2.24, 2.45) is 0 Å². The summed E-state index contributed by atoms with van der Waals surface area (Å²) in [7, 11) is -5.59. The molecule has 1 aromatic rings. The minimum atomic E-state index is -3.63. The second-order valence-corrected chi connectivity index (χ2v) is 15.4. The summed E-state index contributed by atoms with van der Waals surface area (Å²) in [6.45, 7) is 16.8. The number of rotatable bonds is 5. The molecule has 26 heavy (non-hydrogen) atoms. The van der Waals surface area contributed by atoms with Gasteiger partial charge in [-0.05, 0) is 50.0 Å². The van der Waals surface area contributed by atoms with E-state index in [9.17, 15) is 8.42 Å². The largest absolute Gasteiger partial charge is 0.415 e. The molecule has 0 spiro atoms. The Balaban J connectivity index is 2.28. The van der Waals surface area contributed by atoms with E-state index in [1.807, 2.05) is 32.9 Å². The number of aryl methyl sites for hydroxylation is 3. The zero-order valence-corrected chi connectivity index (χ0v) is 19.0. The molecule has 0 saturated carbocycles. The highest BCUT2D eigenvalue weighted by atomic mass is 32.2. The van der Waals surface area contributed by atoms with Crippen LogP contribution >= 0.6 is 0 Å². The Morgan fingerprint density at radius 3 is 2.12 bits per heavy atom. The molecule has 1 heterocycles. The molecule has 0 aromatic heterocycles. The predicted octanol–water partition coefficient (Wildman–Crippen LogP) is 4.01. The zero-order valence-electron chi connectivity index (χ0n) is 17.2. The first-order valence-electron chi connectivity index (χ1n) is 8.95. The smallest absolute Gasteiger partial charge is 0.245 e. The number of terminal acetylenes is 1. The van der Waals surface area contributed by atoms with Gasteiger partial charge in [-0.1, -0.05) is 44.4 Å². The lowest BCUT2D eigenvalue weighted by atomic mass is 10.1. The van der Waals surface area contributed by atoms with Gasteiger partial charge in [0.25, 0.3) is 0 Å². The van der Waals surface area contributed by atoms with Gasteiger partial charge in [-0.25, -0.2) is 8.42 Å². The fourth-order valence-corrected chi connectivity index (χ4v) is 6.26.